The van der Waals surface area contributed by atoms with E-state index in [1.807, 2.05) is 19.1 Å². The Kier molecular flexibility index (Phi) is 7.94. The van der Waals surface area contributed by atoms with Gasteiger partial charge in [0.2, 0.25) is 11.8 Å². The number of thiazole rings is 1. The van der Waals surface area contributed by atoms with Crippen molar-refractivity contribution in [2.75, 3.05) is 25.6 Å². The van der Waals surface area contributed by atoms with E-state index >= 15 is 0 Å². The zero-order chi connectivity index (χ0) is 24.8. The fourth-order valence-corrected chi connectivity index (χ4v) is 5.22. The average molecular weight is 499 g/mol. The number of anilines is 2. The third-order valence-electron chi connectivity index (χ3n) is 6.06. The SMILES string of the molecule is COCCCOc1ccnc(Nc2cc(C)cc(-c3cnc(C4(O)CCC(C(=O)O)CC4)s3)c2)n1. The summed E-state index contributed by atoms with van der Waals surface area (Å²) >= 11 is 1.44. The number of aromatic nitrogens is 3. The highest BCUT2D eigenvalue weighted by molar-refractivity contribution is 7.15. The molecule has 0 saturated heterocycles. The molecular weight excluding hydrogens is 468 g/mol. The monoisotopic (exact) mass is 498 g/mol. The minimum absolute atomic E-state index is 0.392. The first-order valence-corrected chi connectivity index (χ1v) is 12.4. The van der Waals surface area contributed by atoms with E-state index in [9.17, 15) is 15.0 Å². The second kappa shape index (κ2) is 11.1. The number of carboxylic acid groups (broad SMARTS) is 1. The van der Waals surface area contributed by atoms with Crippen LogP contribution >= 0.6 is 11.3 Å². The van der Waals surface area contributed by atoms with Crippen molar-refractivity contribution in [3.63, 3.8) is 0 Å². The molecule has 0 radical (unpaired) electrons. The Balaban J connectivity index is 1.47. The Labute approximate surface area is 208 Å². The van der Waals surface area contributed by atoms with Crippen LogP contribution in [-0.2, 0) is 15.1 Å². The van der Waals surface area contributed by atoms with Gasteiger partial charge in [-0.05, 0) is 55.9 Å². The number of methoxy groups -OCH3 is 1. The number of hydrogen-bond donors (Lipinski definition) is 3. The van der Waals surface area contributed by atoms with Gasteiger partial charge in [0.05, 0.1) is 17.4 Å². The molecule has 3 N–H and O–H groups in total. The summed E-state index contributed by atoms with van der Waals surface area (Å²) in [6, 6.07) is 7.77. The molecule has 1 fully saturated rings. The maximum absolute atomic E-state index is 11.3. The number of aliphatic carboxylic acids is 1. The highest BCUT2D eigenvalue weighted by Crippen LogP contribution is 2.43. The van der Waals surface area contributed by atoms with E-state index in [2.05, 4.69) is 26.3 Å². The number of hydrogen-bond acceptors (Lipinski definition) is 9. The smallest absolute Gasteiger partial charge is 0.306 e. The van der Waals surface area contributed by atoms with Gasteiger partial charge in [-0.25, -0.2) is 9.97 Å². The summed E-state index contributed by atoms with van der Waals surface area (Å²) in [5.41, 5.74) is 1.77. The molecule has 0 atom stereocenters. The quantitative estimate of drug-likeness (QED) is 0.346. The first kappa shape index (κ1) is 25.0. The van der Waals surface area contributed by atoms with Crippen LogP contribution in [0.3, 0.4) is 0 Å². The molecule has 2 aromatic heterocycles. The molecule has 1 saturated carbocycles. The molecule has 186 valence electrons. The van der Waals surface area contributed by atoms with Crippen molar-refractivity contribution < 1.29 is 24.5 Å². The third kappa shape index (κ3) is 6.33. The second-order valence-corrected chi connectivity index (χ2v) is 9.83. The van der Waals surface area contributed by atoms with Gasteiger partial charge in [0.1, 0.15) is 10.6 Å². The standard InChI is InChI=1S/C25H30N4O5S/c1-16-12-18(20-15-27-23(35-20)25(32)7-4-17(5-8-25)22(30)31)14-19(13-16)28-24-26-9-6-21(29-24)34-11-3-10-33-2/h6,9,12-15,17,32H,3-5,7-8,10-11H2,1-2H3,(H,30,31)(H,26,28,29). The number of rotatable bonds is 10. The van der Waals surface area contributed by atoms with Gasteiger partial charge in [-0.3, -0.25) is 4.79 Å². The van der Waals surface area contributed by atoms with Gasteiger partial charge >= 0.3 is 5.97 Å². The zero-order valence-corrected chi connectivity index (χ0v) is 20.7. The lowest BCUT2D eigenvalue weighted by atomic mass is 9.79. The number of ether oxygens (including phenoxy) is 2. The van der Waals surface area contributed by atoms with Gasteiger partial charge in [0, 0.05) is 44.3 Å². The van der Waals surface area contributed by atoms with E-state index in [0.717, 1.165) is 28.1 Å². The molecule has 0 amide bonds. The van der Waals surface area contributed by atoms with E-state index in [1.54, 1.807) is 25.6 Å². The van der Waals surface area contributed by atoms with E-state index in [-0.39, 0.29) is 0 Å². The number of benzene rings is 1. The van der Waals surface area contributed by atoms with Crippen LogP contribution in [0.2, 0.25) is 0 Å². The number of aryl methyl sites for hydroxylation is 1. The molecule has 0 spiro atoms. The van der Waals surface area contributed by atoms with Crippen LogP contribution in [0, 0.1) is 12.8 Å². The molecule has 9 nitrogen and oxygen atoms in total. The van der Waals surface area contributed by atoms with Crippen LogP contribution in [0.1, 0.15) is 42.7 Å². The fraction of sp³-hybridized carbons (Fsp3) is 0.440. The topological polar surface area (TPSA) is 127 Å². The van der Waals surface area contributed by atoms with Gasteiger partial charge in [0.15, 0.2) is 0 Å². The molecule has 0 aliphatic heterocycles. The summed E-state index contributed by atoms with van der Waals surface area (Å²) in [6.07, 6.45) is 5.90. The largest absolute Gasteiger partial charge is 0.481 e. The molecule has 0 unspecified atom stereocenters. The van der Waals surface area contributed by atoms with Gasteiger partial charge < -0.3 is 25.0 Å². The average Bonchev–Trinajstić information content (AvgIpc) is 3.34. The lowest BCUT2D eigenvalue weighted by molar-refractivity contribution is -0.145. The maximum atomic E-state index is 11.3. The van der Waals surface area contributed by atoms with E-state index in [0.29, 0.717) is 55.7 Å². The van der Waals surface area contributed by atoms with Crippen LogP contribution in [0.5, 0.6) is 5.88 Å². The highest BCUT2D eigenvalue weighted by atomic mass is 32.1. The van der Waals surface area contributed by atoms with Crippen molar-refractivity contribution in [3.8, 4) is 16.3 Å². The molecule has 10 heteroatoms. The van der Waals surface area contributed by atoms with Crippen molar-refractivity contribution in [1.82, 2.24) is 15.0 Å². The van der Waals surface area contributed by atoms with Crippen molar-refractivity contribution in [2.24, 2.45) is 5.92 Å². The predicted molar refractivity (Wildman–Crippen MR) is 133 cm³/mol. The number of nitrogens with one attached hydrogen (secondary N) is 1. The zero-order valence-electron chi connectivity index (χ0n) is 19.9. The summed E-state index contributed by atoms with van der Waals surface area (Å²) in [5, 5.41) is 24.2. The third-order valence-corrected chi connectivity index (χ3v) is 7.30. The Morgan fingerprint density at radius 3 is 2.77 bits per heavy atom. The fourth-order valence-electron chi connectivity index (χ4n) is 4.17. The van der Waals surface area contributed by atoms with E-state index < -0.39 is 17.5 Å². The van der Waals surface area contributed by atoms with Crippen molar-refractivity contribution >= 4 is 28.9 Å². The summed E-state index contributed by atoms with van der Waals surface area (Å²) < 4.78 is 10.7. The normalized spacial score (nSPS) is 19.9. The van der Waals surface area contributed by atoms with Gasteiger partial charge in [-0.2, -0.15) is 4.98 Å². The lowest BCUT2D eigenvalue weighted by Crippen LogP contribution is -2.33. The Morgan fingerprint density at radius 1 is 1.23 bits per heavy atom. The van der Waals surface area contributed by atoms with E-state index in [1.165, 1.54) is 11.3 Å². The van der Waals surface area contributed by atoms with Crippen LogP contribution < -0.4 is 10.1 Å². The molecule has 2 heterocycles. The minimum Gasteiger partial charge on any atom is -0.481 e. The summed E-state index contributed by atoms with van der Waals surface area (Å²) in [7, 11) is 1.66. The van der Waals surface area contributed by atoms with Crippen molar-refractivity contribution in [1.29, 1.82) is 0 Å². The first-order chi connectivity index (χ1) is 16.9. The number of carbonyl (C=O) groups is 1. The number of aliphatic hydroxyl groups is 1. The first-order valence-electron chi connectivity index (χ1n) is 11.6. The Bertz CT molecular complexity index is 1160. The lowest BCUT2D eigenvalue weighted by Gasteiger charge is -2.32. The van der Waals surface area contributed by atoms with Crippen LogP contribution in [0.15, 0.2) is 36.7 Å². The maximum Gasteiger partial charge on any atom is 0.306 e. The van der Waals surface area contributed by atoms with Crippen molar-refractivity contribution in [3.05, 3.63) is 47.2 Å². The van der Waals surface area contributed by atoms with Crippen LogP contribution in [0.4, 0.5) is 11.6 Å². The molecule has 1 aromatic carbocycles. The Morgan fingerprint density at radius 2 is 2.03 bits per heavy atom. The van der Waals surface area contributed by atoms with E-state index in [4.69, 9.17) is 9.47 Å². The van der Waals surface area contributed by atoms with Gasteiger partial charge in [0.25, 0.3) is 0 Å². The molecule has 1 aliphatic carbocycles. The number of nitrogens with zero attached hydrogens (tertiary/aromatic N) is 3. The van der Waals surface area contributed by atoms with Gasteiger partial charge in [-0.15, -0.1) is 11.3 Å². The molecule has 3 aromatic rings. The summed E-state index contributed by atoms with van der Waals surface area (Å²) in [4.78, 5) is 25.4. The molecule has 4 rings (SSSR count). The Hall–Kier alpha value is -3.08. The summed E-state index contributed by atoms with van der Waals surface area (Å²) in [5.74, 6) is -0.264. The van der Waals surface area contributed by atoms with Crippen LogP contribution in [0.25, 0.3) is 10.4 Å². The minimum atomic E-state index is -1.07. The molecular formula is C25H30N4O5S. The van der Waals surface area contributed by atoms with Crippen LogP contribution in [-0.4, -0.2) is 51.5 Å². The molecule has 0 bridgehead atoms. The van der Waals surface area contributed by atoms with Gasteiger partial charge in [-0.1, -0.05) is 6.07 Å². The second-order valence-electron chi connectivity index (χ2n) is 8.80. The number of carboxylic acids is 1. The molecule has 1 aliphatic rings. The highest BCUT2D eigenvalue weighted by Gasteiger charge is 2.39. The van der Waals surface area contributed by atoms with Crippen molar-refractivity contribution in [2.45, 2.75) is 44.6 Å². The predicted octanol–water partition coefficient (Wildman–Crippen LogP) is 4.53. The molecule has 35 heavy (non-hydrogen) atoms. The summed E-state index contributed by atoms with van der Waals surface area (Å²) in [6.45, 7) is 3.14.